The Kier molecular flexibility index (Phi) is 11.7. The summed E-state index contributed by atoms with van der Waals surface area (Å²) in [6.45, 7) is 17.1. The third-order valence-corrected chi connectivity index (χ3v) is 15.1. The molecule has 2 aliphatic carbocycles. The van der Waals surface area contributed by atoms with Crippen molar-refractivity contribution in [3.8, 4) is 22.3 Å². The second-order valence-electron chi connectivity index (χ2n) is 18.5. The van der Waals surface area contributed by atoms with Crippen molar-refractivity contribution in [2.45, 2.75) is 109 Å². The zero-order valence-corrected chi connectivity index (χ0v) is 36.0. The third kappa shape index (κ3) is 8.71. The number of hydrogen-bond acceptors (Lipinski definition) is 4. The van der Waals surface area contributed by atoms with Crippen LogP contribution in [-0.2, 0) is 24.6 Å². The van der Waals surface area contributed by atoms with E-state index in [4.69, 9.17) is 0 Å². The van der Waals surface area contributed by atoms with E-state index in [1.54, 1.807) is 13.8 Å². The first-order valence-electron chi connectivity index (χ1n) is 20.1. The van der Waals surface area contributed by atoms with Gasteiger partial charge in [0.15, 0.2) is 0 Å². The van der Waals surface area contributed by atoms with Gasteiger partial charge in [-0.2, -0.15) is 0 Å². The van der Waals surface area contributed by atoms with E-state index in [9.17, 15) is 19.2 Å². The maximum absolute atomic E-state index is 13.9. The van der Waals surface area contributed by atoms with Crippen LogP contribution in [-0.4, -0.2) is 39.5 Å². The van der Waals surface area contributed by atoms with Crippen molar-refractivity contribution in [2.24, 2.45) is 11.8 Å². The molecule has 0 aliphatic heterocycles. The summed E-state index contributed by atoms with van der Waals surface area (Å²) in [5, 5.41) is 6.41. The molecule has 4 aromatic rings. The number of fused-ring (bicyclic) bond motifs is 10. The molecule has 8 heteroatoms. The SMILES string of the molecule is CC(=O)CC(CCC[Si](C)(C)C)C(=O)Nc1ccc2c(c1)-c1cc(NC(=O)C(CCC[Si](C)(C)C)CC(C)=O)ccc1C21c2ccccc2-c2ccccc21. The molecule has 288 valence electrons. The van der Waals surface area contributed by atoms with Crippen LogP contribution in [0.4, 0.5) is 11.4 Å². The summed E-state index contributed by atoms with van der Waals surface area (Å²) in [6.07, 6.45) is 3.69. The minimum Gasteiger partial charge on any atom is -0.326 e. The Morgan fingerprint density at radius 3 is 1.25 bits per heavy atom. The number of rotatable bonds is 16. The molecule has 1 spiro atoms. The van der Waals surface area contributed by atoms with Gasteiger partial charge in [-0.15, -0.1) is 0 Å². The molecule has 0 saturated carbocycles. The van der Waals surface area contributed by atoms with Crippen molar-refractivity contribution in [1.82, 2.24) is 0 Å². The molecular formula is C47H58N2O4Si2. The number of Topliss-reactive ketones (excluding diaryl/α,β-unsaturated/α-hetero) is 2. The van der Waals surface area contributed by atoms with Crippen LogP contribution in [0.1, 0.15) is 74.6 Å². The number of hydrogen-bond donors (Lipinski definition) is 2. The second kappa shape index (κ2) is 16.0. The average molecular weight is 771 g/mol. The smallest absolute Gasteiger partial charge is 0.227 e. The molecule has 2 aliphatic rings. The molecule has 6 rings (SSSR count). The normalized spacial score (nSPS) is 14.7. The lowest BCUT2D eigenvalue weighted by Gasteiger charge is -2.30. The Morgan fingerprint density at radius 2 is 0.891 bits per heavy atom. The molecule has 2 unspecified atom stereocenters. The Hall–Kier alpha value is -4.41. The van der Waals surface area contributed by atoms with Gasteiger partial charge >= 0.3 is 0 Å². The van der Waals surface area contributed by atoms with Crippen LogP contribution >= 0.6 is 0 Å². The van der Waals surface area contributed by atoms with Gasteiger partial charge in [-0.3, -0.25) is 9.59 Å². The van der Waals surface area contributed by atoms with Gasteiger partial charge in [0.2, 0.25) is 11.8 Å². The highest BCUT2D eigenvalue weighted by atomic mass is 28.3. The minimum atomic E-state index is -1.28. The summed E-state index contributed by atoms with van der Waals surface area (Å²) in [5.41, 5.74) is 9.83. The number of carbonyl (C=O) groups excluding carboxylic acids is 4. The van der Waals surface area contributed by atoms with Crippen molar-refractivity contribution in [2.75, 3.05) is 10.6 Å². The standard InChI is InChI=1S/C47H58N2O4Si2/c1-31(50)27-33(15-13-25-54(3,4)5)45(52)48-35-21-23-43-39(29-35)40-30-36(49-46(53)34(28-32(2)51)16-14-26-55(6,7)8)22-24-44(40)47(43)41-19-11-9-17-37(41)38-18-10-12-20-42(38)47/h9-12,17-24,29-30,33-34H,13-16,25-28H2,1-8H3,(H,48,52)(H,49,53). The van der Waals surface area contributed by atoms with E-state index in [2.05, 4.69) is 123 Å². The maximum atomic E-state index is 13.9. The zero-order chi connectivity index (χ0) is 39.7. The van der Waals surface area contributed by atoms with Gasteiger partial charge in [0.05, 0.1) is 5.41 Å². The topological polar surface area (TPSA) is 92.3 Å². The van der Waals surface area contributed by atoms with Crippen molar-refractivity contribution >= 4 is 50.9 Å². The molecular weight excluding hydrogens is 713 g/mol. The highest BCUT2D eigenvalue weighted by molar-refractivity contribution is 6.76. The second-order valence-corrected chi connectivity index (χ2v) is 29.7. The van der Waals surface area contributed by atoms with E-state index in [0.717, 1.165) is 47.2 Å². The van der Waals surface area contributed by atoms with Gasteiger partial charge in [-0.25, -0.2) is 0 Å². The highest BCUT2D eigenvalue weighted by Gasteiger charge is 2.51. The van der Waals surface area contributed by atoms with Gasteiger partial charge in [-0.1, -0.05) is 125 Å². The summed E-state index contributed by atoms with van der Waals surface area (Å²) >= 11 is 0. The summed E-state index contributed by atoms with van der Waals surface area (Å²) in [5.74, 6) is -0.973. The van der Waals surface area contributed by atoms with Gasteiger partial charge in [0.25, 0.3) is 0 Å². The highest BCUT2D eigenvalue weighted by Crippen LogP contribution is 2.63. The molecule has 6 nitrogen and oxygen atoms in total. The molecule has 2 N–H and O–H groups in total. The number of anilines is 2. The lowest BCUT2D eigenvalue weighted by Crippen LogP contribution is -2.27. The van der Waals surface area contributed by atoms with Gasteiger partial charge in [0, 0.05) is 52.2 Å². The van der Waals surface area contributed by atoms with E-state index in [0.29, 0.717) is 24.2 Å². The molecule has 0 aromatic heterocycles. The van der Waals surface area contributed by atoms with Crippen LogP contribution in [0, 0.1) is 11.8 Å². The third-order valence-electron chi connectivity index (χ3n) is 11.4. The lowest BCUT2D eigenvalue weighted by molar-refractivity contribution is -0.125. The van der Waals surface area contributed by atoms with Crippen molar-refractivity contribution in [1.29, 1.82) is 0 Å². The predicted molar refractivity (Wildman–Crippen MR) is 232 cm³/mol. The first-order chi connectivity index (χ1) is 26.0. The Labute approximate surface area is 329 Å². The Morgan fingerprint density at radius 1 is 0.527 bits per heavy atom. The monoisotopic (exact) mass is 770 g/mol. The van der Waals surface area contributed by atoms with Gasteiger partial charge in [0.1, 0.15) is 11.6 Å². The quantitative estimate of drug-likeness (QED) is 0.0959. The fourth-order valence-corrected chi connectivity index (χ4v) is 11.4. The maximum Gasteiger partial charge on any atom is 0.227 e. The Bertz CT molecular complexity index is 1970. The first kappa shape index (κ1) is 40.3. The van der Waals surface area contributed by atoms with E-state index >= 15 is 0 Å². The largest absolute Gasteiger partial charge is 0.326 e. The van der Waals surface area contributed by atoms with E-state index in [-0.39, 0.29) is 48.1 Å². The number of nitrogens with one attached hydrogen (secondary N) is 2. The minimum absolute atomic E-state index is 0.0210. The molecule has 2 amide bonds. The van der Waals surface area contributed by atoms with Crippen LogP contribution in [0.3, 0.4) is 0 Å². The molecule has 0 bridgehead atoms. The van der Waals surface area contributed by atoms with Crippen LogP contribution in [0.25, 0.3) is 22.3 Å². The van der Waals surface area contributed by atoms with E-state index < -0.39 is 21.6 Å². The molecule has 4 aromatic carbocycles. The van der Waals surface area contributed by atoms with Crippen LogP contribution in [0.2, 0.25) is 51.4 Å². The molecule has 2 atom stereocenters. The average Bonchev–Trinajstić information content (AvgIpc) is 3.56. The number of benzene rings is 4. The first-order valence-corrected chi connectivity index (χ1v) is 27.5. The summed E-state index contributed by atoms with van der Waals surface area (Å²) in [6, 6.07) is 31.9. The van der Waals surface area contributed by atoms with Crippen LogP contribution in [0.5, 0.6) is 0 Å². The molecule has 0 fully saturated rings. The molecule has 0 saturated heterocycles. The van der Waals surface area contributed by atoms with Crippen molar-refractivity contribution < 1.29 is 19.2 Å². The van der Waals surface area contributed by atoms with Gasteiger partial charge in [-0.05, 0) is 95.5 Å². The lowest BCUT2D eigenvalue weighted by atomic mass is 9.70. The van der Waals surface area contributed by atoms with E-state index in [1.165, 1.54) is 22.3 Å². The molecule has 0 radical (unpaired) electrons. The fraction of sp³-hybridized carbons (Fsp3) is 0.404. The predicted octanol–water partition coefficient (Wildman–Crippen LogP) is 11.3. The number of amides is 2. The van der Waals surface area contributed by atoms with E-state index in [1.807, 2.05) is 12.1 Å². The van der Waals surface area contributed by atoms with Crippen molar-refractivity contribution in [3.63, 3.8) is 0 Å². The van der Waals surface area contributed by atoms with Crippen LogP contribution in [0.15, 0.2) is 84.9 Å². The summed E-state index contributed by atoms with van der Waals surface area (Å²) in [7, 11) is -2.57. The number of ketones is 2. The fourth-order valence-electron chi connectivity index (χ4n) is 8.90. The number of carbonyl (C=O) groups is 4. The van der Waals surface area contributed by atoms with Crippen LogP contribution < -0.4 is 10.6 Å². The molecule has 0 heterocycles. The van der Waals surface area contributed by atoms with Crippen molar-refractivity contribution in [3.05, 3.63) is 107 Å². The Balaban J connectivity index is 1.40. The summed E-state index contributed by atoms with van der Waals surface area (Å²) < 4.78 is 0. The summed E-state index contributed by atoms with van der Waals surface area (Å²) in [4.78, 5) is 52.3. The van der Waals surface area contributed by atoms with Gasteiger partial charge < -0.3 is 20.2 Å². The zero-order valence-electron chi connectivity index (χ0n) is 34.0. The molecule has 55 heavy (non-hydrogen) atoms.